The first-order valence-corrected chi connectivity index (χ1v) is 18.7. The van der Waals surface area contributed by atoms with Gasteiger partial charge in [0, 0.05) is 18.7 Å². The number of ether oxygens (including phenoxy) is 1. The molecule has 8 rings (SSSR count). The second-order valence-corrected chi connectivity index (χ2v) is 16.4. The fraction of sp³-hybridized carbons (Fsp3) is 0.526. The fourth-order valence-electron chi connectivity index (χ4n) is 8.94. The van der Waals surface area contributed by atoms with Gasteiger partial charge in [-0.1, -0.05) is 32.9 Å². The van der Waals surface area contributed by atoms with E-state index >= 15 is 0 Å². The van der Waals surface area contributed by atoms with Gasteiger partial charge in [0.15, 0.2) is 0 Å². The number of nitrogens with zero attached hydrogens (tertiary/aromatic N) is 2. The average molecular weight is 805 g/mol. The molecule has 7 atom stereocenters. The Bertz CT molecular complexity index is 2100. The first kappa shape index (κ1) is 40.4. The lowest BCUT2D eigenvalue weighted by molar-refractivity contribution is -0.274. The van der Waals surface area contributed by atoms with Crippen LogP contribution in [0.2, 0.25) is 0 Å². The summed E-state index contributed by atoms with van der Waals surface area (Å²) in [6.45, 7) is 9.78. The Hall–Kier alpha value is -4.78. The Morgan fingerprint density at radius 2 is 1.77 bits per heavy atom. The number of urea groups is 1. The summed E-state index contributed by atoms with van der Waals surface area (Å²) in [5, 5.41) is 11.2. The number of nitrogens with one attached hydrogen (secondary N) is 4. The third kappa shape index (κ3) is 7.79. The van der Waals surface area contributed by atoms with Crippen LogP contribution in [0.3, 0.4) is 0 Å². The van der Waals surface area contributed by atoms with Gasteiger partial charge in [0.25, 0.3) is 5.56 Å². The van der Waals surface area contributed by atoms with Crippen molar-refractivity contribution in [2.75, 3.05) is 10.6 Å². The van der Waals surface area contributed by atoms with Crippen molar-refractivity contribution < 1.29 is 50.0 Å². The van der Waals surface area contributed by atoms with E-state index in [4.69, 9.17) is 9.31 Å². The third-order valence-corrected chi connectivity index (χ3v) is 12.1. The third-order valence-electron chi connectivity index (χ3n) is 12.1. The Labute approximate surface area is 324 Å². The molecule has 2 aromatic carbocycles. The van der Waals surface area contributed by atoms with E-state index in [0.29, 0.717) is 18.3 Å². The first-order valence-electron chi connectivity index (χ1n) is 18.7. The molecular weight excluding hydrogens is 761 g/mol. The predicted octanol–water partition coefficient (Wildman–Crippen LogP) is 6.92. The number of halogens is 6. The molecule has 3 heterocycles. The highest BCUT2D eigenvalue weighted by Crippen LogP contribution is 2.64. The van der Waals surface area contributed by atoms with Gasteiger partial charge in [-0.25, -0.2) is 9.78 Å². The highest BCUT2D eigenvalue weighted by atomic mass is 19.4. The minimum atomic E-state index is -4.90. The van der Waals surface area contributed by atoms with Crippen LogP contribution >= 0.6 is 0 Å². The molecule has 19 heteroatoms. The number of anilines is 2. The number of fused-ring (bicyclic) bond motifs is 1. The fourth-order valence-corrected chi connectivity index (χ4v) is 8.94. The molecule has 0 spiro atoms. The number of alkyl halides is 6. The zero-order valence-corrected chi connectivity index (χ0v) is 31.8. The molecule has 5 aliphatic rings. The lowest BCUT2D eigenvalue weighted by Crippen LogP contribution is -2.63. The Morgan fingerprint density at radius 3 is 2.42 bits per heavy atom. The van der Waals surface area contributed by atoms with E-state index in [-0.39, 0.29) is 47.2 Å². The molecular formula is C38H43BF6N6O6. The van der Waals surface area contributed by atoms with Crippen LogP contribution in [0.4, 0.5) is 42.5 Å². The molecule has 4 fully saturated rings. The molecule has 0 radical (unpaired) electrons. The van der Waals surface area contributed by atoms with E-state index in [1.54, 1.807) is 6.92 Å². The molecule has 1 aromatic heterocycles. The van der Waals surface area contributed by atoms with E-state index in [0.717, 1.165) is 41.7 Å². The lowest BCUT2D eigenvalue weighted by Gasteiger charge is -2.63. The molecule has 1 saturated heterocycles. The van der Waals surface area contributed by atoms with Gasteiger partial charge in [0.05, 0.1) is 34.9 Å². The van der Waals surface area contributed by atoms with Crippen molar-refractivity contribution in [3.8, 4) is 5.75 Å². The number of rotatable bonds is 10. The van der Waals surface area contributed by atoms with E-state index in [2.05, 4.69) is 44.8 Å². The maximum Gasteiger partial charge on any atom is 0.573 e. The minimum absolute atomic E-state index is 0.0169. The van der Waals surface area contributed by atoms with Crippen LogP contribution in [-0.2, 0) is 32.4 Å². The smallest absolute Gasteiger partial charge is 0.406 e. The highest BCUT2D eigenvalue weighted by molar-refractivity contribution is 6.47. The van der Waals surface area contributed by atoms with Crippen LogP contribution in [0.5, 0.6) is 5.75 Å². The zero-order chi connectivity index (χ0) is 41.3. The number of hydrogen-bond donors (Lipinski definition) is 4. The van der Waals surface area contributed by atoms with Crippen LogP contribution < -0.4 is 31.6 Å². The topological polar surface area (TPSA) is 145 Å². The van der Waals surface area contributed by atoms with Gasteiger partial charge in [-0.2, -0.15) is 13.2 Å². The van der Waals surface area contributed by atoms with Crippen LogP contribution in [0.25, 0.3) is 0 Å². The van der Waals surface area contributed by atoms with Gasteiger partial charge in [0.2, 0.25) is 5.91 Å². The molecule has 2 bridgehead atoms. The van der Waals surface area contributed by atoms with Crippen molar-refractivity contribution >= 4 is 30.4 Å². The van der Waals surface area contributed by atoms with Crippen molar-refractivity contribution in [2.45, 2.75) is 109 Å². The SMILES string of the molecule is CC[C@H](NC(=O)[C@@H]1C[C@@](C)(NC(=O)Nc2ccc(OC(F)(F)F)cc2)c2ncc(NCc3cccc(C(F)(F)F)c3)c(=O)n21)B1O[C@@H]2C3CC(C[C@]2(C)O1)C3(C)C. The van der Waals surface area contributed by atoms with E-state index in [9.17, 15) is 40.7 Å². The maximum atomic E-state index is 14.3. The Kier molecular flexibility index (Phi) is 10.1. The molecule has 2 unspecified atom stereocenters. The van der Waals surface area contributed by atoms with Crippen LogP contribution in [0.15, 0.2) is 59.5 Å². The maximum absolute atomic E-state index is 14.3. The molecule has 306 valence electrons. The number of benzene rings is 2. The highest BCUT2D eigenvalue weighted by Gasteiger charge is 2.67. The number of carbonyl (C=O) groups is 2. The summed E-state index contributed by atoms with van der Waals surface area (Å²) < 4.78 is 96.1. The quantitative estimate of drug-likeness (QED) is 0.128. The largest absolute Gasteiger partial charge is 0.573 e. The number of amides is 3. The summed E-state index contributed by atoms with van der Waals surface area (Å²) in [5.41, 5.74) is -3.16. The Morgan fingerprint density at radius 1 is 1.05 bits per heavy atom. The van der Waals surface area contributed by atoms with E-state index < -0.39 is 71.6 Å². The molecule has 12 nitrogen and oxygen atoms in total. The Balaban J connectivity index is 1.13. The molecule has 57 heavy (non-hydrogen) atoms. The molecule has 3 aliphatic carbocycles. The molecule has 3 amide bonds. The van der Waals surface area contributed by atoms with Crippen molar-refractivity contribution in [3.05, 3.63) is 82.0 Å². The van der Waals surface area contributed by atoms with Gasteiger partial charge >= 0.3 is 25.7 Å². The molecule has 3 aromatic rings. The van der Waals surface area contributed by atoms with Gasteiger partial charge in [-0.3, -0.25) is 14.2 Å². The van der Waals surface area contributed by atoms with Gasteiger partial charge < -0.3 is 35.3 Å². The first-order chi connectivity index (χ1) is 26.6. The summed E-state index contributed by atoms with van der Waals surface area (Å²) in [4.78, 5) is 46.3. The van der Waals surface area contributed by atoms with Gasteiger partial charge in [0.1, 0.15) is 23.3 Å². The van der Waals surface area contributed by atoms with Gasteiger partial charge in [-0.05, 0) is 92.3 Å². The summed E-state index contributed by atoms with van der Waals surface area (Å²) in [7, 11) is -0.761. The van der Waals surface area contributed by atoms with E-state index in [1.165, 1.54) is 30.5 Å². The minimum Gasteiger partial charge on any atom is -0.406 e. The molecule has 3 saturated carbocycles. The normalized spacial score (nSPS) is 27.7. The second kappa shape index (κ2) is 14.3. The molecule has 2 aliphatic heterocycles. The van der Waals surface area contributed by atoms with Crippen LogP contribution in [0.1, 0.15) is 83.3 Å². The predicted molar refractivity (Wildman–Crippen MR) is 196 cm³/mol. The monoisotopic (exact) mass is 804 g/mol. The van der Waals surface area contributed by atoms with Crippen molar-refractivity contribution in [3.63, 3.8) is 0 Å². The summed E-state index contributed by atoms with van der Waals surface area (Å²) in [6.07, 6.45) is -6.30. The van der Waals surface area contributed by atoms with Gasteiger partial charge in [-0.15, -0.1) is 13.2 Å². The number of carbonyl (C=O) groups excluding carboxylic acids is 2. The van der Waals surface area contributed by atoms with Crippen molar-refractivity contribution in [2.24, 2.45) is 17.3 Å². The zero-order valence-electron chi connectivity index (χ0n) is 31.8. The standard InChI is InChI=1S/C38H43BF6N6O6/c1-6-28(39-56-29-25-15-22(34(25,2)3)16-36(29,5)57-39)49-30(52)27-17-35(4,50-33(54)48-23-10-12-24(13-11-23)55-38(43,44)45)32-47-19-26(31(53)51(27)32)46-18-20-8-7-9-21(14-20)37(40,41)42/h7-14,19,22,25,27-29,46H,6,15-18H2,1-5H3,(H,49,52)(H2,48,50,54)/t22?,25?,27-,28-,29+,35+,36-/m0/s1. The van der Waals surface area contributed by atoms with Crippen LogP contribution in [-0.4, -0.2) is 52.6 Å². The molecule has 4 N–H and O–H groups in total. The number of aromatic nitrogens is 2. The summed E-state index contributed by atoms with van der Waals surface area (Å²) in [6, 6.07) is 7.01. The van der Waals surface area contributed by atoms with Crippen molar-refractivity contribution in [1.82, 2.24) is 20.2 Å². The van der Waals surface area contributed by atoms with Crippen molar-refractivity contribution in [1.29, 1.82) is 0 Å². The average Bonchev–Trinajstić information content (AvgIpc) is 3.64. The lowest BCUT2D eigenvalue weighted by atomic mass is 9.45. The summed E-state index contributed by atoms with van der Waals surface area (Å²) in [5.74, 6) is -0.865. The summed E-state index contributed by atoms with van der Waals surface area (Å²) >= 11 is 0. The van der Waals surface area contributed by atoms with E-state index in [1.807, 2.05) is 13.8 Å². The number of hydrogen-bond acceptors (Lipinski definition) is 8. The second-order valence-electron chi connectivity index (χ2n) is 16.4. The van der Waals surface area contributed by atoms with Crippen LogP contribution in [0, 0.1) is 17.3 Å².